The molecule has 4 rings (SSSR count). The Morgan fingerprint density at radius 2 is 2.03 bits per heavy atom. The molecule has 6 heteroatoms. The number of H-pyrrole nitrogens is 1. The van der Waals surface area contributed by atoms with Crippen LogP contribution in [0.1, 0.15) is 52.9 Å². The molecule has 0 bridgehead atoms. The van der Waals surface area contributed by atoms with Gasteiger partial charge in [-0.1, -0.05) is 12.1 Å². The summed E-state index contributed by atoms with van der Waals surface area (Å²) in [7, 11) is 1.72. The van der Waals surface area contributed by atoms with Crippen LogP contribution in [0.15, 0.2) is 42.6 Å². The number of aromatic amines is 1. The molecular weight excluding hydrogens is 392 g/mol. The molecule has 31 heavy (non-hydrogen) atoms. The van der Waals surface area contributed by atoms with E-state index in [2.05, 4.69) is 28.9 Å². The van der Waals surface area contributed by atoms with Crippen molar-refractivity contribution in [3.63, 3.8) is 0 Å². The van der Waals surface area contributed by atoms with Crippen LogP contribution in [0.2, 0.25) is 0 Å². The predicted octanol–water partition coefficient (Wildman–Crippen LogP) is 4.93. The Morgan fingerprint density at radius 3 is 2.71 bits per heavy atom. The molecule has 0 spiro atoms. The van der Waals surface area contributed by atoms with Gasteiger partial charge in [0, 0.05) is 42.9 Å². The zero-order chi connectivity index (χ0) is 22.0. The molecule has 0 amide bonds. The highest BCUT2D eigenvalue weighted by Crippen LogP contribution is 2.37. The summed E-state index contributed by atoms with van der Waals surface area (Å²) in [5, 5.41) is 10.5. The van der Waals surface area contributed by atoms with E-state index in [4.69, 9.17) is 9.47 Å². The van der Waals surface area contributed by atoms with Crippen LogP contribution in [-0.2, 0) is 11.3 Å². The molecule has 2 aromatic carbocycles. The first-order chi connectivity index (χ1) is 15.0. The van der Waals surface area contributed by atoms with Gasteiger partial charge in [-0.3, -0.25) is 4.90 Å². The fraction of sp³-hybridized carbons (Fsp3) is 0.400. The Labute approximate surface area is 182 Å². The average molecular weight is 423 g/mol. The second-order valence-electron chi connectivity index (χ2n) is 8.16. The molecule has 0 saturated carbocycles. The van der Waals surface area contributed by atoms with Crippen molar-refractivity contribution in [2.24, 2.45) is 0 Å². The van der Waals surface area contributed by atoms with E-state index in [9.17, 15) is 9.90 Å². The van der Waals surface area contributed by atoms with Gasteiger partial charge in [0.15, 0.2) is 0 Å². The van der Waals surface area contributed by atoms with E-state index in [1.807, 2.05) is 25.3 Å². The highest BCUT2D eigenvalue weighted by Gasteiger charge is 2.31. The van der Waals surface area contributed by atoms with Crippen molar-refractivity contribution >= 4 is 16.9 Å². The van der Waals surface area contributed by atoms with Crippen LogP contribution in [0.25, 0.3) is 10.9 Å². The maximum Gasteiger partial charge on any atom is 0.335 e. The van der Waals surface area contributed by atoms with Crippen molar-refractivity contribution < 1.29 is 19.4 Å². The molecule has 0 aliphatic carbocycles. The number of benzene rings is 2. The van der Waals surface area contributed by atoms with Crippen LogP contribution in [-0.4, -0.2) is 47.3 Å². The minimum atomic E-state index is -0.905. The van der Waals surface area contributed by atoms with Gasteiger partial charge in [0.2, 0.25) is 0 Å². The number of nitrogens with zero attached hydrogens (tertiary/aromatic N) is 1. The van der Waals surface area contributed by atoms with Crippen LogP contribution < -0.4 is 4.74 Å². The molecule has 3 aromatic rings. The number of carboxylic acids is 1. The fourth-order valence-electron chi connectivity index (χ4n) is 4.73. The zero-order valence-electron chi connectivity index (χ0n) is 18.4. The molecule has 0 radical (unpaired) electrons. The topological polar surface area (TPSA) is 74.8 Å². The number of hydrogen-bond donors (Lipinski definition) is 2. The molecule has 2 heterocycles. The van der Waals surface area contributed by atoms with Gasteiger partial charge in [-0.2, -0.15) is 0 Å². The van der Waals surface area contributed by atoms with E-state index in [1.54, 1.807) is 19.2 Å². The molecule has 1 fully saturated rings. The quantitative estimate of drug-likeness (QED) is 0.565. The van der Waals surface area contributed by atoms with Crippen molar-refractivity contribution in [2.45, 2.75) is 45.4 Å². The minimum Gasteiger partial charge on any atom is -0.496 e. The van der Waals surface area contributed by atoms with E-state index < -0.39 is 5.97 Å². The number of nitrogens with one attached hydrogen (secondary N) is 1. The van der Waals surface area contributed by atoms with E-state index in [-0.39, 0.29) is 12.1 Å². The first kappa shape index (κ1) is 21.4. The Kier molecular flexibility index (Phi) is 6.30. The number of methoxy groups -OCH3 is 1. The lowest BCUT2D eigenvalue weighted by Gasteiger charge is -2.40. The monoisotopic (exact) mass is 422 g/mol. The van der Waals surface area contributed by atoms with Gasteiger partial charge < -0.3 is 19.6 Å². The first-order valence-electron chi connectivity index (χ1n) is 10.8. The van der Waals surface area contributed by atoms with Gasteiger partial charge in [-0.05, 0) is 62.1 Å². The standard InChI is InChI=1S/C25H30N2O4/c1-4-31-19-10-12-27(22(14-19)17-5-7-18(8-6-17)25(28)29)15-21-23(30-3)13-16(2)20-9-11-26-24(20)21/h5-9,11,13,19,22,26H,4,10,12,14-15H2,1-3H3,(H,28,29)/t19-,22-/m0/s1. The van der Waals surface area contributed by atoms with Crippen LogP contribution in [0.5, 0.6) is 5.75 Å². The number of aromatic carboxylic acids is 1. The Morgan fingerprint density at radius 1 is 1.26 bits per heavy atom. The van der Waals surface area contributed by atoms with Gasteiger partial charge in [-0.15, -0.1) is 0 Å². The Balaban J connectivity index is 1.69. The number of ether oxygens (including phenoxy) is 2. The third-order valence-corrected chi connectivity index (χ3v) is 6.31. The SMILES string of the molecule is CCO[C@H]1CCN(Cc2c(OC)cc(C)c3cc[nH]c23)[C@H](c2ccc(C(=O)O)cc2)C1. The second-order valence-corrected chi connectivity index (χ2v) is 8.16. The molecule has 0 unspecified atom stereocenters. The lowest BCUT2D eigenvalue weighted by atomic mass is 9.91. The largest absolute Gasteiger partial charge is 0.496 e. The Bertz CT molecular complexity index is 1060. The number of aromatic nitrogens is 1. The molecule has 164 valence electrons. The second kappa shape index (κ2) is 9.12. The third kappa shape index (κ3) is 4.31. The van der Waals surface area contributed by atoms with E-state index in [0.717, 1.165) is 48.3 Å². The molecule has 6 nitrogen and oxygen atoms in total. The number of carboxylic acid groups (broad SMARTS) is 1. The lowest BCUT2D eigenvalue weighted by molar-refractivity contribution is -0.0138. The molecule has 1 aliphatic heterocycles. The summed E-state index contributed by atoms with van der Waals surface area (Å²) in [5.41, 5.74) is 4.87. The van der Waals surface area contributed by atoms with Crippen LogP contribution >= 0.6 is 0 Å². The number of fused-ring (bicyclic) bond motifs is 1. The summed E-state index contributed by atoms with van der Waals surface area (Å²) < 4.78 is 11.7. The number of hydrogen-bond acceptors (Lipinski definition) is 4. The van der Waals surface area contributed by atoms with Crippen molar-refractivity contribution in [1.29, 1.82) is 0 Å². The summed E-state index contributed by atoms with van der Waals surface area (Å²) in [4.78, 5) is 17.1. The summed E-state index contributed by atoms with van der Waals surface area (Å²) in [6, 6.07) is 11.6. The number of likely N-dealkylation sites (tertiary alicyclic amines) is 1. The van der Waals surface area contributed by atoms with Crippen molar-refractivity contribution in [2.75, 3.05) is 20.3 Å². The number of aryl methyl sites for hydroxylation is 1. The van der Waals surface area contributed by atoms with Crippen molar-refractivity contribution in [3.8, 4) is 5.75 Å². The van der Waals surface area contributed by atoms with E-state index in [0.29, 0.717) is 12.2 Å². The number of rotatable bonds is 7. The molecule has 1 saturated heterocycles. The zero-order valence-corrected chi connectivity index (χ0v) is 18.4. The van der Waals surface area contributed by atoms with E-state index in [1.165, 1.54) is 10.9 Å². The number of piperidine rings is 1. The fourth-order valence-corrected chi connectivity index (χ4v) is 4.73. The van der Waals surface area contributed by atoms with Crippen molar-refractivity contribution in [3.05, 3.63) is 64.8 Å². The summed E-state index contributed by atoms with van der Waals surface area (Å²) in [6.45, 7) is 6.47. The summed E-state index contributed by atoms with van der Waals surface area (Å²) >= 11 is 0. The molecular formula is C25H30N2O4. The third-order valence-electron chi connectivity index (χ3n) is 6.31. The van der Waals surface area contributed by atoms with Crippen LogP contribution in [0.3, 0.4) is 0 Å². The summed E-state index contributed by atoms with van der Waals surface area (Å²) in [5.74, 6) is -0.0165. The van der Waals surface area contributed by atoms with Crippen LogP contribution in [0.4, 0.5) is 0 Å². The highest BCUT2D eigenvalue weighted by molar-refractivity contribution is 5.88. The minimum absolute atomic E-state index is 0.143. The highest BCUT2D eigenvalue weighted by atomic mass is 16.5. The maximum atomic E-state index is 11.3. The van der Waals surface area contributed by atoms with Gasteiger partial charge >= 0.3 is 5.97 Å². The van der Waals surface area contributed by atoms with Gasteiger partial charge in [0.05, 0.1) is 24.3 Å². The van der Waals surface area contributed by atoms with Gasteiger partial charge in [0.1, 0.15) is 5.75 Å². The Hall–Kier alpha value is -2.83. The molecule has 2 N–H and O–H groups in total. The van der Waals surface area contributed by atoms with Crippen molar-refractivity contribution in [1.82, 2.24) is 9.88 Å². The van der Waals surface area contributed by atoms with Gasteiger partial charge in [0.25, 0.3) is 0 Å². The number of carbonyl (C=O) groups is 1. The lowest BCUT2D eigenvalue weighted by Crippen LogP contribution is -2.39. The molecule has 2 atom stereocenters. The molecule has 1 aliphatic rings. The normalized spacial score (nSPS) is 19.6. The average Bonchev–Trinajstić information content (AvgIpc) is 3.27. The summed E-state index contributed by atoms with van der Waals surface area (Å²) in [6.07, 6.45) is 4.03. The molecule has 1 aromatic heterocycles. The van der Waals surface area contributed by atoms with E-state index >= 15 is 0 Å². The van der Waals surface area contributed by atoms with Crippen LogP contribution in [0, 0.1) is 6.92 Å². The predicted molar refractivity (Wildman–Crippen MR) is 121 cm³/mol. The maximum absolute atomic E-state index is 11.3. The first-order valence-corrected chi connectivity index (χ1v) is 10.8. The van der Waals surface area contributed by atoms with Gasteiger partial charge in [-0.25, -0.2) is 4.79 Å². The smallest absolute Gasteiger partial charge is 0.335 e.